The third-order valence-corrected chi connectivity index (χ3v) is 31.5. The first kappa shape index (κ1) is 62.3. The van der Waals surface area contributed by atoms with Gasteiger partial charge in [0.15, 0.2) is 6.29 Å². The second kappa shape index (κ2) is 35.4. The van der Waals surface area contributed by atoms with Gasteiger partial charge in [0.2, 0.25) is 0 Å². The normalized spacial score (nSPS) is 31.6. The molecule has 9 aliphatic carbocycles. The van der Waals surface area contributed by atoms with Gasteiger partial charge < -0.3 is 18.9 Å². The molecule has 0 N–H and O–H groups in total. The zero-order valence-corrected chi connectivity index (χ0v) is 53.0. The van der Waals surface area contributed by atoms with Crippen LogP contribution in [0.3, 0.4) is 0 Å². The van der Waals surface area contributed by atoms with Gasteiger partial charge >= 0.3 is 73.4 Å². The van der Waals surface area contributed by atoms with E-state index in [0.29, 0.717) is 23.9 Å². The Morgan fingerprint density at radius 3 is 1.32 bits per heavy atom. The second-order valence-electron chi connectivity index (χ2n) is 25.8. The molecule has 11 aliphatic rings. The van der Waals surface area contributed by atoms with E-state index < -0.39 is 13.5 Å². The number of fused-ring (bicyclic) bond motifs is 2. The first-order valence-electron chi connectivity index (χ1n) is 32.4. The Labute approximate surface area is 482 Å². The number of halogens is 2. The number of allylic oxidation sites excluding steroid dienone is 4. The second-order valence-corrected chi connectivity index (χ2v) is 38.4. The molecular formula is C67H110Cl2O4P2Ru+2. The summed E-state index contributed by atoms with van der Waals surface area (Å²) in [4.78, 5) is 0. The van der Waals surface area contributed by atoms with E-state index in [0.717, 1.165) is 62.8 Å². The summed E-state index contributed by atoms with van der Waals surface area (Å²) in [7, 11) is 11.2. The van der Waals surface area contributed by atoms with E-state index in [-0.39, 0.29) is 22.1 Å². The standard InChI is InChI=1S/2C18H33P.C13H20O2.C11H16O2.C7H6.2ClH.Ru/c2*1-4-10-16(11-5-1)19(17-12-6-2-7-13-17)18-14-8-3-9-15-18;1-3-10-7-11(4-2)12(8-10)9-15-13-5-6-14-13;1-2-9-3-8(1)4-10(9)5-12-6-11-7-13-11;1-7-5-3-2-4-6-7;;;/h2*16-18H,1-15H2;3-4,10-13H,1-2,5-9H2;1-2,8-11H,3-7H2;1-6H;2*1H;/q;;;;;;;+2. The number of benzene rings is 1. The molecule has 8 saturated carbocycles. The fourth-order valence-corrected chi connectivity index (χ4v) is 28.6. The molecular weight excluding hydrogens is 1100 g/mol. The van der Waals surface area contributed by atoms with Crippen molar-refractivity contribution in [1.82, 2.24) is 0 Å². The molecule has 9 heteroatoms. The third-order valence-electron chi connectivity index (χ3n) is 20.5. The van der Waals surface area contributed by atoms with Crippen molar-refractivity contribution in [1.29, 1.82) is 0 Å². The van der Waals surface area contributed by atoms with E-state index >= 15 is 0 Å². The number of rotatable bonds is 16. The van der Waals surface area contributed by atoms with Crippen LogP contribution in [0.2, 0.25) is 0 Å². The number of hydrogen-bond donors (Lipinski definition) is 0. The first-order valence-corrected chi connectivity index (χ1v) is 41.4. The molecule has 0 spiro atoms. The molecule has 8 unspecified atom stereocenters. The predicted molar refractivity (Wildman–Crippen MR) is 331 cm³/mol. The van der Waals surface area contributed by atoms with Gasteiger partial charge in [-0.1, -0.05) is 62.8 Å². The van der Waals surface area contributed by atoms with Crippen molar-refractivity contribution >= 4 is 39.8 Å². The van der Waals surface area contributed by atoms with Crippen LogP contribution in [0, 0.1) is 35.5 Å². The van der Waals surface area contributed by atoms with Crippen LogP contribution in [-0.2, 0) is 32.5 Å². The molecule has 2 aliphatic heterocycles. The number of epoxide rings is 1. The number of hydrogen-bond acceptors (Lipinski definition) is 4. The Hall–Kier alpha value is 0.213. The minimum absolute atomic E-state index is 0.0465. The van der Waals surface area contributed by atoms with Gasteiger partial charge in [0.25, 0.3) is 0 Å². The van der Waals surface area contributed by atoms with Crippen LogP contribution >= 0.6 is 35.2 Å². The van der Waals surface area contributed by atoms with Crippen LogP contribution in [0.15, 0.2) is 67.8 Å². The molecule has 432 valence electrons. The van der Waals surface area contributed by atoms with E-state index in [4.69, 9.17) is 38.3 Å². The molecule has 10 fully saturated rings. The fourth-order valence-electron chi connectivity index (χ4n) is 16.3. The minimum atomic E-state index is -1.61. The van der Waals surface area contributed by atoms with E-state index in [1.807, 2.05) is 34.9 Å². The van der Waals surface area contributed by atoms with Gasteiger partial charge in [0.05, 0.1) is 67.0 Å². The van der Waals surface area contributed by atoms with Gasteiger partial charge in [-0.2, -0.15) is 0 Å². The Balaban J connectivity index is 0.000000128. The predicted octanol–water partition coefficient (Wildman–Crippen LogP) is 19.5. The molecule has 76 heavy (non-hydrogen) atoms. The molecule has 2 bridgehead atoms. The van der Waals surface area contributed by atoms with Gasteiger partial charge in [-0.05, 0) is 215 Å². The summed E-state index contributed by atoms with van der Waals surface area (Å²) in [5.41, 5.74) is 8.48. The Kier molecular flexibility index (Phi) is 29.0. The third kappa shape index (κ3) is 21.1. The van der Waals surface area contributed by atoms with Crippen molar-refractivity contribution in [3.63, 3.8) is 0 Å². The molecule has 2 heterocycles. The van der Waals surface area contributed by atoms with Crippen molar-refractivity contribution in [2.45, 2.75) is 271 Å². The van der Waals surface area contributed by atoms with Crippen molar-refractivity contribution < 1.29 is 32.5 Å². The molecule has 8 atom stereocenters. The molecule has 1 aromatic rings. The van der Waals surface area contributed by atoms with Gasteiger partial charge in [-0.25, -0.2) is 0 Å². The molecule has 12 rings (SSSR count). The first-order chi connectivity index (χ1) is 37.4. The topological polar surface area (TPSA) is 40.2 Å². The zero-order chi connectivity index (χ0) is 52.6. The van der Waals surface area contributed by atoms with E-state index in [1.54, 1.807) is 193 Å². The summed E-state index contributed by atoms with van der Waals surface area (Å²) in [6.07, 6.45) is 63.1. The fraction of sp³-hybridized carbons (Fsp3) is 0.806. The molecule has 2 saturated heterocycles. The molecule has 4 nitrogen and oxygen atoms in total. The van der Waals surface area contributed by atoms with Gasteiger partial charge in [-0.3, -0.25) is 0 Å². The zero-order valence-electron chi connectivity index (χ0n) is 47.8. The van der Waals surface area contributed by atoms with Crippen LogP contribution in [0.1, 0.15) is 230 Å². The van der Waals surface area contributed by atoms with E-state index in [9.17, 15) is 0 Å². The summed E-state index contributed by atoms with van der Waals surface area (Å²) in [5.74, 6) is 4.33. The quantitative estimate of drug-likeness (QED) is 0.0716. The summed E-state index contributed by atoms with van der Waals surface area (Å²) in [6.45, 7) is 12.1. The SMILES string of the molecule is C1=CC2CC1CC2COCC1CO1.C1CCC([PH+](C2CCCCC2)C2CCCCC2)CC1.C1CCC([PH+](C2CCCCC2)C2CCCCC2)CC1.C=CC1CC(C=C)C(COC2CCO2)C1.[Cl][Ru]([Cl])=[CH]c1ccccc1. The van der Waals surface area contributed by atoms with Crippen molar-refractivity contribution in [2.75, 3.05) is 33.0 Å². The van der Waals surface area contributed by atoms with Crippen molar-refractivity contribution in [3.8, 4) is 0 Å². The maximum absolute atomic E-state index is 5.68. The van der Waals surface area contributed by atoms with Crippen LogP contribution in [0.4, 0.5) is 0 Å². The van der Waals surface area contributed by atoms with E-state index in [1.165, 1.54) is 59.6 Å². The number of ether oxygens (including phenoxy) is 4. The molecule has 0 radical (unpaired) electrons. The van der Waals surface area contributed by atoms with Crippen LogP contribution < -0.4 is 0 Å². The summed E-state index contributed by atoms with van der Waals surface area (Å²) in [6, 6.07) is 9.89. The summed E-state index contributed by atoms with van der Waals surface area (Å²) in [5, 5.41) is 0. The summed E-state index contributed by atoms with van der Waals surface area (Å²) >= 11 is -1.61. The Morgan fingerprint density at radius 2 is 0.974 bits per heavy atom. The molecule has 1 aromatic carbocycles. The van der Waals surface area contributed by atoms with E-state index in [2.05, 4.69) is 37.5 Å². The Bertz CT molecular complexity index is 1650. The van der Waals surface area contributed by atoms with Gasteiger partial charge in [0, 0.05) is 22.3 Å². The van der Waals surface area contributed by atoms with Crippen molar-refractivity contribution in [2.24, 2.45) is 35.5 Å². The van der Waals surface area contributed by atoms with Gasteiger partial charge in [-0.15, -0.1) is 13.2 Å². The molecule has 0 amide bonds. The monoisotopic (exact) mass is 1210 g/mol. The van der Waals surface area contributed by atoms with Gasteiger partial charge in [0.1, 0.15) is 6.10 Å². The summed E-state index contributed by atoms with van der Waals surface area (Å²) < 4.78 is 23.6. The average molecular weight is 1210 g/mol. The van der Waals surface area contributed by atoms with Crippen molar-refractivity contribution in [3.05, 3.63) is 73.4 Å². The van der Waals surface area contributed by atoms with Crippen LogP contribution in [0.25, 0.3) is 0 Å². The maximum atomic E-state index is 5.68. The van der Waals surface area contributed by atoms with Crippen LogP contribution in [-0.4, -0.2) is 84.0 Å². The molecule has 0 aromatic heterocycles. The van der Waals surface area contributed by atoms with Crippen LogP contribution in [0.5, 0.6) is 0 Å². The Morgan fingerprint density at radius 1 is 0.513 bits per heavy atom. The average Bonchev–Trinajstić information content (AvgIpc) is 3.81.